The molecule has 2 aromatic rings. The van der Waals surface area contributed by atoms with Gasteiger partial charge < -0.3 is 5.73 Å². The van der Waals surface area contributed by atoms with E-state index in [-0.39, 0.29) is 11.2 Å². The number of fused-ring (bicyclic) bond motifs is 1. The first-order chi connectivity index (χ1) is 8.99. The maximum atomic E-state index is 12.2. The summed E-state index contributed by atoms with van der Waals surface area (Å²) in [6.45, 7) is 3.99. The van der Waals surface area contributed by atoms with Gasteiger partial charge in [0.25, 0.3) is 0 Å². The van der Waals surface area contributed by atoms with Crippen LogP contribution in [0.4, 0.5) is 5.82 Å². The number of benzene rings is 1. The molecule has 1 aromatic carbocycles. The minimum atomic E-state index is -0.290. The van der Waals surface area contributed by atoms with E-state index in [0.717, 1.165) is 28.7 Å². The lowest BCUT2D eigenvalue weighted by Crippen LogP contribution is -2.18. The molecule has 1 aliphatic rings. The molecule has 0 unspecified atom stereocenters. The van der Waals surface area contributed by atoms with Crippen molar-refractivity contribution in [2.45, 2.75) is 20.3 Å². The van der Waals surface area contributed by atoms with Gasteiger partial charge in [-0.1, -0.05) is 32.0 Å². The molecule has 1 heterocycles. The Hall–Kier alpha value is -2.16. The maximum absolute atomic E-state index is 12.2. The number of nitrogens with zero attached hydrogens (tertiary/aromatic N) is 1. The van der Waals surface area contributed by atoms with E-state index in [4.69, 9.17) is 5.73 Å². The van der Waals surface area contributed by atoms with Crippen molar-refractivity contribution < 1.29 is 4.79 Å². The first kappa shape index (κ1) is 11.9. The molecule has 3 heteroatoms. The van der Waals surface area contributed by atoms with Crippen LogP contribution < -0.4 is 5.73 Å². The second-order valence-corrected chi connectivity index (χ2v) is 5.70. The van der Waals surface area contributed by atoms with Gasteiger partial charge in [0.05, 0.1) is 0 Å². The van der Waals surface area contributed by atoms with Crippen molar-refractivity contribution in [3.8, 4) is 11.1 Å². The molecule has 19 heavy (non-hydrogen) atoms. The molecule has 0 aliphatic heterocycles. The first-order valence-electron chi connectivity index (χ1n) is 6.38. The molecule has 3 rings (SSSR count). The molecule has 2 N–H and O–H groups in total. The summed E-state index contributed by atoms with van der Waals surface area (Å²) in [5, 5.41) is 0. The topological polar surface area (TPSA) is 56.0 Å². The van der Waals surface area contributed by atoms with Gasteiger partial charge in [-0.05, 0) is 29.7 Å². The number of anilines is 1. The summed E-state index contributed by atoms with van der Waals surface area (Å²) in [5.74, 6) is 0.749. The van der Waals surface area contributed by atoms with Crippen molar-refractivity contribution in [2.75, 3.05) is 5.73 Å². The molecule has 1 aliphatic carbocycles. The molecular formula is C16H16N2O. The second-order valence-electron chi connectivity index (χ2n) is 5.70. The van der Waals surface area contributed by atoms with E-state index in [1.165, 1.54) is 0 Å². The Balaban J connectivity index is 2.11. The van der Waals surface area contributed by atoms with Gasteiger partial charge in [0.1, 0.15) is 5.82 Å². The predicted molar refractivity (Wildman–Crippen MR) is 75.9 cm³/mol. The van der Waals surface area contributed by atoms with Crippen LogP contribution in [0.15, 0.2) is 36.5 Å². The number of hydrogen-bond donors (Lipinski definition) is 1. The Bertz CT molecular complexity index is 674. The number of pyridine rings is 1. The average Bonchev–Trinajstić information content (AvgIpc) is 2.60. The van der Waals surface area contributed by atoms with Crippen LogP contribution in [0.3, 0.4) is 0 Å². The Labute approximate surface area is 112 Å². The van der Waals surface area contributed by atoms with E-state index < -0.39 is 0 Å². The molecule has 0 fully saturated rings. The third kappa shape index (κ3) is 1.82. The van der Waals surface area contributed by atoms with Crippen LogP contribution in [-0.4, -0.2) is 10.8 Å². The van der Waals surface area contributed by atoms with Gasteiger partial charge in [0, 0.05) is 22.7 Å². The number of carbonyl (C=O) groups is 1. The van der Waals surface area contributed by atoms with Crippen LogP contribution in [0.25, 0.3) is 11.1 Å². The highest BCUT2D eigenvalue weighted by molar-refractivity contribution is 6.05. The highest BCUT2D eigenvalue weighted by Crippen LogP contribution is 2.38. The number of hydrogen-bond acceptors (Lipinski definition) is 3. The average molecular weight is 252 g/mol. The first-order valence-corrected chi connectivity index (χ1v) is 6.38. The van der Waals surface area contributed by atoms with Gasteiger partial charge in [-0.15, -0.1) is 0 Å². The van der Waals surface area contributed by atoms with Crippen molar-refractivity contribution in [1.29, 1.82) is 0 Å². The van der Waals surface area contributed by atoms with Crippen LogP contribution in [0, 0.1) is 5.41 Å². The summed E-state index contributed by atoms with van der Waals surface area (Å²) in [7, 11) is 0. The number of ketones is 1. The predicted octanol–water partition coefficient (Wildman–Crippen LogP) is 3.10. The zero-order chi connectivity index (χ0) is 13.6. The molecule has 0 spiro atoms. The molecule has 96 valence electrons. The zero-order valence-electron chi connectivity index (χ0n) is 11.1. The van der Waals surface area contributed by atoms with Gasteiger partial charge in [0.15, 0.2) is 5.78 Å². The second kappa shape index (κ2) is 3.92. The van der Waals surface area contributed by atoms with E-state index in [1.54, 1.807) is 6.20 Å². The zero-order valence-corrected chi connectivity index (χ0v) is 11.1. The number of Topliss-reactive ketones (excluding diaryl/α,β-unsaturated/α-hetero) is 1. The largest absolute Gasteiger partial charge is 0.383 e. The molecule has 0 amide bonds. The van der Waals surface area contributed by atoms with Crippen LogP contribution in [0.2, 0.25) is 0 Å². The third-order valence-electron chi connectivity index (χ3n) is 3.75. The SMILES string of the molecule is CC1(C)Cc2cc(-c3cccnc3N)ccc2C1=O. The van der Waals surface area contributed by atoms with Crippen molar-refractivity contribution >= 4 is 11.6 Å². The summed E-state index contributed by atoms with van der Waals surface area (Å²) in [6.07, 6.45) is 2.47. The van der Waals surface area contributed by atoms with E-state index in [2.05, 4.69) is 11.1 Å². The van der Waals surface area contributed by atoms with Crippen molar-refractivity contribution in [3.05, 3.63) is 47.7 Å². The van der Waals surface area contributed by atoms with E-state index in [0.29, 0.717) is 5.82 Å². The van der Waals surface area contributed by atoms with Crippen molar-refractivity contribution in [3.63, 3.8) is 0 Å². The van der Waals surface area contributed by atoms with E-state index in [1.807, 2.05) is 38.1 Å². The highest BCUT2D eigenvalue weighted by atomic mass is 16.1. The van der Waals surface area contributed by atoms with Crippen molar-refractivity contribution in [2.24, 2.45) is 5.41 Å². The smallest absolute Gasteiger partial charge is 0.169 e. The maximum Gasteiger partial charge on any atom is 0.169 e. The highest BCUT2D eigenvalue weighted by Gasteiger charge is 2.37. The number of nitrogens with two attached hydrogens (primary N) is 1. The summed E-state index contributed by atoms with van der Waals surface area (Å²) >= 11 is 0. The van der Waals surface area contributed by atoms with Crippen molar-refractivity contribution in [1.82, 2.24) is 4.98 Å². The van der Waals surface area contributed by atoms with Crippen LogP contribution in [0.5, 0.6) is 0 Å². The minimum absolute atomic E-state index is 0.230. The molecule has 0 atom stereocenters. The normalized spacial score (nSPS) is 16.4. The Kier molecular flexibility index (Phi) is 2.45. The quantitative estimate of drug-likeness (QED) is 0.848. The van der Waals surface area contributed by atoms with Gasteiger partial charge in [0.2, 0.25) is 0 Å². The molecule has 0 saturated carbocycles. The lowest BCUT2D eigenvalue weighted by molar-refractivity contribution is 0.0863. The minimum Gasteiger partial charge on any atom is -0.383 e. The Morgan fingerprint density at radius 3 is 2.74 bits per heavy atom. The summed E-state index contributed by atoms with van der Waals surface area (Å²) in [5.41, 5.74) is 9.50. The van der Waals surface area contributed by atoms with Gasteiger partial charge >= 0.3 is 0 Å². The summed E-state index contributed by atoms with van der Waals surface area (Å²) in [6, 6.07) is 9.75. The number of nitrogen functional groups attached to an aromatic ring is 1. The monoisotopic (exact) mass is 252 g/mol. The van der Waals surface area contributed by atoms with Gasteiger partial charge in [-0.25, -0.2) is 4.98 Å². The van der Waals surface area contributed by atoms with Crippen LogP contribution >= 0.6 is 0 Å². The number of rotatable bonds is 1. The fourth-order valence-corrected chi connectivity index (χ4v) is 2.71. The molecule has 0 bridgehead atoms. The fraction of sp³-hybridized carbons (Fsp3) is 0.250. The summed E-state index contributed by atoms with van der Waals surface area (Å²) < 4.78 is 0. The van der Waals surface area contributed by atoms with Crippen LogP contribution in [0.1, 0.15) is 29.8 Å². The Morgan fingerprint density at radius 1 is 1.21 bits per heavy atom. The molecule has 3 nitrogen and oxygen atoms in total. The molecular weight excluding hydrogens is 236 g/mol. The lowest BCUT2D eigenvalue weighted by Gasteiger charge is -2.12. The number of aromatic nitrogens is 1. The number of carbonyl (C=O) groups excluding carboxylic acids is 1. The standard InChI is InChI=1S/C16H16N2O/c1-16(2)9-11-8-10(5-6-12(11)14(16)19)13-4-3-7-18-15(13)17/h3-8H,9H2,1-2H3,(H2,17,18). The molecule has 1 aromatic heterocycles. The van der Waals surface area contributed by atoms with Crippen LogP contribution in [-0.2, 0) is 6.42 Å². The van der Waals surface area contributed by atoms with Gasteiger partial charge in [-0.3, -0.25) is 4.79 Å². The summed E-state index contributed by atoms with van der Waals surface area (Å²) in [4.78, 5) is 16.3. The molecule has 0 saturated heterocycles. The van der Waals surface area contributed by atoms with Gasteiger partial charge in [-0.2, -0.15) is 0 Å². The Morgan fingerprint density at radius 2 is 2.00 bits per heavy atom. The van der Waals surface area contributed by atoms with E-state index >= 15 is 0 Å². The molecule has 0 radical (unpaired) electrons. The van der Waals surface area contributed by atoms with E-state index in [9.17, 15) is 4.79 Å². The lowest BCUT2D eigenvalue weighted by atomic mass is 9.89. The fourth-order valence-electron chi connectivity index (χ4n) is 2.71. The third-order valence-corrected chi connectivity index (χ3v) is 3.75.